The maximum Gasteiger partial charge on any atom is 0.0839 e. The lowest BCUT2D eigenvalue weighted by Crippen LogP contribution is -2.04. The zero-order valence-electron chi connectivity index (χ0n) is 6.31. The average Bonchev–Trinajstić information content (AvgIpc) is 1.82. The van der Waals surface area contributed by atoms with Gasteiger partial charge in [0, 0.05) is 11.9 Å². The largest absolute Gasteiger partial charge is 0.311 e. The van der Waals surface area contributed by atoms with Gasteiger partial charge in [0.25, 0.3) is 0 Å². The lowest BCUT2D eigenvalue weighted by atomic mass is 10.2. The van der Waals surface area contributed by atoms with Gasteiger partial charge < -0.3 is 5.41 Å². The molecule has 2 heteroatoms. The summed E-state index contributed by atoms with van der Waals surface area (Å²) in [6.45, 7) is 5.93. The summed E-state index contributed by atoms with van der Waals surface area (Å²) in [6, 6.07) is 0.106. The summed E-state index contributed by atoms with van der Waals surface area (Å²) in [6.07, 6.45) is 2.31. The second-order valence-corrected chi connectivity index (χ2v) is 2.22. The smallest absolute Gasteiger partial charge is 0.0839 e. The first kappa shape index (κ1) is 8.34. The first-order chi connectivity index (χ1) is 4.20. The van der Waals surface area contributed by atoms with Gasteiger partial charge in [-0.2, -0.15) is 0 Å². The van der Waals surface area contributed by atoms with Crippen molar-refractivity contribution in [2.45, 2.75) is 33.2 Å². The number of nitrogens with zero attached hydrogens (tertiary/aromatic N) is 1. The Morgan fingerprint density at radius 3 is 2.33 bits per heavy atom. The Bertz CT molecular complexity index is 112. The predicted molar refractivity (Wildman–Crippen MR) is 41.6 cm³/mol. The number of hydrogen-bond acceptors (Lipinski definition) is 2. The SMILES string of the molecule is CCC(C=N)N=C(C)C. The number of hydrogen-bond donors (Lipinski definition) is 1. The van der Waals surface area contributed by atoms with Gasteiger partial charge in [-0.25, -0.2) is 0 Å². The van der Waals surface area contributed by atoms with E-state index in [1.165, 1.54) is 6.21 Å². The van der Waals surface area contributed by atoms with E-state index in [1.54, 1.807) is 0 Å². The molecule has 0 aliphatic rings. The van der Waals surface area contributed by atoms with E-state index in [-0.39, 0.29) is 6.04 Å². The van der Waals surface area contributed by atoms with Crippen LogP contribution in [0, 0.1) is 5.41 Å². The third-order valence-electron chi connectivity index (χ3n) is 1.03. The molecule has 0 aromatic rings. The molecule has 0 aromatic heterocycles. The van der Waals surface area contributed by atoms with Crippen molar-refractivity contribution in [2.75, 3.05) is 0 Å². The molecule has 0 bridgehead atoms. The summed E-state index contributed by atoms with van der Waals surface area (Å²) in [5.41, 5.74) is 1.05. The topological polar surface area (TPSA) is 36.2 Å². The number of nitrogens with one attached hydrogen (secondary N) is 1. The van der Waals surface area contributed by atoms with E-state index in [0.29, 0.717) is 0 Å². The molecule has 0 heterocycles. The Labute approximate surface area is 56.5 Å². The number of rotatable bonds is 3. The van der Waals surface area contributed by atoms with Crippen LogP contribution in [0.1, 0.15) is 27.2 Å². The first-order valence-corrected chi connectivity index (χ1v) is 3.22. The monoisotopic (exact) mass is 126 g/mol. The van der Waals surface area contributed by atoms with Crippen molar-refractivity contribution < 1.29 is 0 Å². The van der Waals surface area contributed by atoms with Crippen molar-refractivity contribution in [1.82, 2.24) is 0 Å². The quantitative estimate of drug-likeness (QED) is 0.561. The summed E-state index contributed by atoms with van der Waals surface area (Å²) in [5, 5.41) is 6.92. The summed E-state index contributed by atoms with van der Waals surface area (Å²) in [7, 11) is 0. The Morgan fingerprint density at radius 1 is 1.67 bits per heavy atom. The minimum Gasteiger partial charge on any atom is -0.311 e. The van der Waals surface area contributed by atoms with Crippen LogP contribution in [0.4, 0.5) is 0 Å². The molecule has 0 rings (SSSR count). The van der Waals surface area contributed by atoms with Crippen LogP contribution in [-0.4, -0.2) is 18.0 Å². The van der Waals surface area contributed by atoms with Crippen LogP contribution < -0.4 is 0 Å². The van der Waals surface area contributed by atoms with E-state index in [1.807, 2.05) is 20.8 Å². The zero-order valence-corrected chi connectivity index (χ0v) is 6.31. The molecule has 0 saturated heterocycles. The molecule has 0 aliphatic heterocycles. The summed E-state index contributed by atoms with van der Waals surface area (Å²) < 4.78 is 0. The van der Waals surface area contributed by atoms with Crippen LogP contribution in [0.3, 0.4) is 0 Å². The molecule has 0 saturated carbocycles. The molecule has 52 valence electrons. The third kappa shape index (κ3) is 3.88. The molecule has 0 radical (unpaired) electrons. The highest BCUT2D eigenvalue weighted by atomic mass is 14.8. The molecule has 1 N–H and O–H groups in total. The molecule has 0 amide bonds. The van der Waals surface area contributed by atoms with Crippen molar-refractivity contribution in [3.05, 3.63) is 0 Å². The Hall–Kier alpha value is -0.660. The second-order valence-electron chi connectivity index (χ2n) is 2.22. The van der Waals surface area contributed by atoms with Gasteiger partial charge >= 0.3 is 0 Å². The minimum absolute atomic E-state index is 0.106. The first-order valence-electron chi connectivity index (χ1n) is 3.22. The lowest BCUT2D eigenvalue weighted by molar-refractivity contribution is 0.830. The van der Waals surface area contributed by atoms with Gasteiger partial charge in [-0.3, -0.25) is 4.99 Å². The molecule has 1 atom stereocenters. The van der Waals surface area contributed by atoms with Gasteiger partial charge in [-0.05, 0) is 20.3 Å². The van der Waals surface area contributed by atoms with E-state index >= 15 is 0 Å². The van der Waals surface area contributed by atoms with E-state index in [2.05, 4.69) is 4.99 Å². The van der Waals surface area contributed by atoms with E-state index in [9.17, 15) is 0 Å². The van der Waals surface area contributed by atoms with Gasteiger partial charge in [0.05, 0.1) is 6.04 Å². The highest BCUT2D eigenvalue weighted by Crippen LogP contribution is 1.93. The molecule has 0 aromatic carbocycles. The molecular weight excluding hydrogens is 112 g/mol. The van der Waals surface area contributed by atoms with Crippen LogP contribution in [0.25, 0.3) is 0 Å². The summed E-state index contributed by atoms with van der Waals surface area (Å²) in [4.78, 5) is 4.19. The molecule has 2 nitrogen and oxygen atoms in total. The highest BCUT2D eigenvalue weighted by molar-refractivity contribution is 5.81. The second kappa shape index (κ2) is 4.24. The zero-order chi connectivity index (χ0) is 7.28. The fourth-order valence-electron chi connectivity index (χ4n) is 0.578. The van der Waals surface area contributed by atoms with Crippen LogP contribution in [0.2, 0.25) is 0 Å². The normalized spacial score (nSPS) is 12.3. The summed E-state index contributed by atoms with van der Waals surface area (Å²) >= 11 is 0. The standard InChI is InChI=1S/C7H14N2/c1-4-7(5-8)9-6(2)3/h5,7-8H,4H2,1-3H3. The molecule has 0 spiro atoms. The van der Waals surface area contributed by atoms with Gasteiger partial charge in [-0.15, -0.1) is 0 Å². The average molecular weight is 126 g/mol. The Morgan fingerprint density at radius 2 is 2.22 bits per heavy atom. The lowest BCUT2D eigenvalue weighted by Gasteiger charge is -2.00. The van der Waals surface area contributed by atoms with E-state index in [0.717, 1.165) is 12.1 Å². The predicted octanol–water partition coefficient (Wildman–Crippen LogP) is 1.90. The van der Waals surface area contributed by atoms with Crippen molar-refractivity contribution in [2.24, 2.45) is 4.99 Å². The highest BCUT2D eigenvalue weighted by Gasteiger charge is 1.95. The fourth-order valence-corrected chi connectivity index (χ4v) is 0.578. The maximum atomic E-state index is 6.92. The minimum atomic E-state index is 0.106. The fraction of sp³-hybridized carbons (Fsp3) is 0.714. The molecule has 0 fully saturated rings. The van der Waals surface area contributed by atoms with Gasteiger partial charge in [0.2, 0.25) is 0 Å². The van der Waals surface area contributed by atoms with Gasteiger partial charge in [-0.1, -0.05) is 6.92 Å². The molecule has 1 unspecified atom stereocenters. The van der Waals surface area contributed by atoms with Crippen LogP contribution in [-0.2, 0) is 0 Å². The van der Waals surface area contributed by atoms with Crippen molar-refractivity contribution in [3.63, 3.8) is 0 Å². The Kier molecular flexibility index (Phi) is 3.93. The van der Waals surface area contributed by atoms with E-state index in [4.69, 9.17) is 5.41 Å². The van der Waals surface area contributed by atoms with Crippen LogP contribution in [0.5, 0.6) is 0 Å². The van der Waals surface area contributed by atoms with Gasteiger partial charge in [0.15, 0.2) is 0 Å². The maximum absolute atomic E-state index is 6.92. The van der Waals surface area contributed by atoms with Crippen molar-refractivity contribution in [1.29, 1.82) is 5.41 Å². The van der Waals surface area contributed by atoms with Crippen LogP contribution >= 0.6 is 0 Å². The van der Waals surface area contributed by atoms with Crippen LogP contribution in [0.15, 0.2) is 4.99 Å². The molecule has 9 heavy (non-hydrogen) atoms. The van der Waals surface area contributed by atoms with Crippen molar-refractivity contribution >= 4 is 11.9 Å². The molecule has 0 aliphatic carbocycles. The van der Waals surface area contributed by atoms with Gasteiger partial charge in [0.1, 0.15) is 0 Å². The number of aliphatic imine (C=N–C) groups is 1. The Balaban J connectivity index is 3.82. The third-order valence-corrected chi connectivity index (χ3v) is 1.03. The van der Waals surface area contributed by atoms with Crippen molar-refractivity contribution in [3.8, 4) is 0 Å². The summed E-state index contributed by atoms with van der Waals surface area (Å²) in [5.74, 6) is 0. The molecular formula is C7H14N2. The van der Waals surface area contributed by atoms with E-state index < -0.39 is 0 Å².